The lowest BCUT2D eigenvalue weighted by Crippen LogP contribution is -2.65. The summed E-state index contributed by atoms with van der Waals surface area (Å²) in [4.78, 5) is 64.7. The van der Waals surface area contributed by atoms with E-state index in [-0.39, 0.29) is 38.4 Å². The third kappa shape index (κ3) is 26.7. The first kappa shape index (κ1) is 73.3. The van der Waals surface area contributed by atoms with Crippen molar-refractivity contribution in [2.75, 3.05) is 26.4 Å². The summed E-state index contributed by atoms with van der Waals surface area (Å²) in [5.41, 5.74) is 0. The second-order valence-corrected chi connectivity index (χ2v) is 21.1. The van der Waals surface area contributed by atoms with Crippen molar-refractivity contribution in [3.63, 3.8) is 0 Å². The number of ketones is 1. The SMILES string of the molecule is C=CCOC(=O)N[C@@H]1[C@H](O)[C@H](O[C@H]2/C=C/C=C/C=C/C=C/C=C/C=C/C=C/[C@H](C)[C@@H](O)[C@@H](C)[C@H](C)OC(=O)C[C@H](O)C[C@H](O)CC[C@@H](O)[C@H](O)C[C@H](O)C[C@]3(O)C[C@H](OC(=O)OCC=C)[C@@H](NC(=O)NCC(=O)[C@H](O)CO)[C@H](C2)O3)O[C@H](C)[C@H]1O. The molecule has 0 unspecified atom stereocenters. The van der Waals surface area contributed by atoms with Crippen molar-refractivity contribution < 1.29 is 113 Å². The molecular formula is C59H89N3O23. The number of cyclic esters (lactones) is 1. The molecule has 0 radical (unpaired) electrons. The number of aliphatic hydroxyl groups excluding tert-OH is 10. The Morgan fingerprint density at radius 3 is 1.92 bits per heavy atom. The van der Waals surface area contributed by atoms with E-state index in [1.165, 1.54) is 31.2 Å². The van der Waals surface area contributed by atoms with Gasteiger partial charge in [0.05, 0.1) is 86.6 Å². The van der Waals surface area contributed by atoms with E-state index in [9.17, 15) is 80.1 Å². The largest absolute Gasteiger partial charge is 0.508 e. The van der Waals surface area contributed by atoms with Crippen LogP contribution in [0.4, 0.5) is 14.4 Å². The Morgan fingerprint density at radius 1 is 0.706 bits per heavy atom. The van der Waals surface area contributed by atoms with E-state index in [1.807, 2.05) is 0 Å². The Labute approximate surface area is 495 Å². The number of hydrogen-bond acceptors (Lipinski definition) is 23. The lowest BCUT2D eigenvalue weighted by Gasteiger charge is -2.47. The van der Waals surface area contributed by atoms with Crippen LogP contribution in [0.1, 0.15) is 79.1 Å². The van der Waals surface area contributed by atoms with Crippen LogP contribution < -0.4 is 16.0 Å². The van der Waals surface area contributed by atoms with E-state index < -0.39 is 191 Å². The van der Waals surface area contributed by atoms with E-state index in [1.54, 1.807) is 93.7 Å². The van der Waals surface area contributed by atoms with E-state index >= 15 is 0 Å². The van der Waals surface area contributed by atoms with Crippen molar-refractivity contribution in [3.05, 3.63) is 110 Å². The van der Waals surface area contributed by atoms with Crippen molar-refractivity contribution in [3.8, 4) is 0 Å². The molecule has 26 nitrogen and oxygen atoms in total. The van der Waals surface area contributed by atoms with Gasteiger partial charge in [0.2, 0.25) is 0 Å². The van der Waals surface area contributed by atoms with Gasteiger partial charge in [-0.3, -0.25) is 9.59 Å². The molecule has 3 amide bonds. The zero-order valence-electron chi connectivity index (χ0n) is 48.4. The summed E-state index contributed by atoms with van der Waals surface area (Å²) in [5.74, 6) is -5.13. The van der Waals surface area contributed by atoms with Crippen molar-refractivity contribution in [2.45, 2.75) is 189 Å². The Balaban J connectivity index is 2.13. The summed E-state index contributed by atoms with van der Waals surface area (Å²) in [7, 11) is 0. The molecule has 0 aliphatic carbocycles. The van der Waals surface area contributed by atoms with Crippen LogP contribution in [0, 0.1) is 11.8 Å². The molecule has 3 aliphatic heterocycles. The Hall–Kier alpha value is -5.95. The molecule has 26 heteroatoms. The van der Waals surface area contributed by atoms with E-state index in [2.05, 4.69) is 29.1 Å². The molecule has 85 heavy (non-hydrogen) atoms. The Morgan fingerprint density at radius 2 is 1.31 bits per heavy atom. The quantitative estimate of drug-likeness (QED) is 0.0692. The van der Waals surface area contributed by atoms with Gasteiger partial charge >= 0.3 is 24.2 Å². The Bertz CT molecular complexity index is 2310. The van der Waals surface area contributed by atoms with Gasteiger partial charge in [0.1, 0.15) is 43.7 Å². The van der Waals surface area contributed by atoms with Crippen molar-refractivity contribution in [1.29, 1.82) is 0 Å². The number of carbonyl (C=O) groups is 5. The fourth-order valence-corrected chi connectivity index (χ4v) is 9.25. The highest BCUT2D eigenvalue weighted by molar-refractivity contribution is 5.88. The molecule has 3 aliphatic rings. The number of amides is 3. The second kappa shape index (κ2) is 38.3. The standard InChI is InChI=1S/C59H89N3O23/c1-7-25-79-57(76)62-51-53(73)38(6)82-55(54(51)74)83-42-22-20-18-16-14-12-10-9-11-13-15-17-19-21-35(3)52(72)36(4)37(5)81-49(71)29-40(65)27-39(64)23-24-43(67)44(68)28-41(66)31-59(78)32-48(84-58(77)80-26-8-2)50(47(30-42)85-59)61-56(75)60-33-45(69)46(70)34-63/h7-22,35-44,46-48,50-55,63-68,70,72-74,78H,1-2,23-34H2,3-6H3,(H,62,76)(H2,60,61,75)/b10-9+,13-11+,14-12+,17-15+,18-16+,21-19+,22-20+/t35-,36-,37-,38+,39+,40+,41-,42-,43+,44+,46+,47-,48-,50-,51-,52+,53+,54-,55-,59+/m0/s1. The molecule has 0 aromatic rings. The molecule has 0 spiro atoms. The average Bonchev–Trinajstić information content (AvgIpc) is 2.55. The maximum atomic E-state index is 13.6. The van der Waals surface area contributed by atoms with Gasteiger partial charge in [0.25, 0.3) is 0 Å². The van der Waals surface area contributed by atoms with Crippen molar-refractivity contribution >= 4 is 30.0 Å². The van der Waals surface area contributed by atoms with Gasteiger partial charge in [-0.1, -0.05) is 124 Å². The predicted octanol–water partition coefficient (Wildman–Crippen LogP) is 0.901. The highest BCUT2D eigenvalue weighted by Crippen LogP contribution is 2.37. The number of fused-ring (bicyclic) bond motifs is 2. The zero-order valence-corrected chi connectivity index (χ0v) is 48.4. The number of esters is 1. The number of ether oxygens (including phenoxy) is 7. The first-order valence-electron chi connectivity index (χ1n) is 28.2. The number of hydrogen-bond donors (Lipinski definition) is 14. The molecule has 0 aromatic carbocycles. The minimum absolute atomic E-state index is 0.187. The fourth-order valence-electron chi connectivity index (χ4n) is 9.25. The Kier molecular flexibility index (Phi) is 33.0. The molecule has 0 saturated carbocycles. The second-order valence-electron chi connectivity index (χ2n) is 21.1. The normalized spacial score (nSPS) is 37.5. The van der Waals surface area contributed by atoms with Gasteiger partial charge in [-0.2, -0.15) is 0 Å². The zero-order chi connectivity index (χ0) is 63.2. The number of carbonyl (C=O) groups excluding carboxylic acids is 5. The maximum absolute atomic E-state index is 13.6. The van der Waals surface area contributed by atoms with Crippen LogP contribution in [-0.2, 0) is 42.7 Å². The predicted molar refractivity (Wildman–Crippen MR) is 305 cm³/mol. The molecule has 0 aromatic heterocycles. The van der Waals surface area contributed by atoms with Crippen LogP contribution in [0.25, 0.3) is 0 Å². The molecule has 2 fully saturated rings. The molecule has 478 valence electrons. The van der Waals surface area contributed by atoms with Crippen LogP contribution in [0.5, 0.6) is 0 Å². The lowest BCUT2D eigenvalue weighted by molar-refractivity contribution is -0.303. The number of allylic oxidation sites excluding steroid dienone is 12. The topological polar surface area (TPSA) is 409 Å². The number of rotatable bonds is 13. The van der Waals surface area contributed by atoms with Gasteiger partial charge < -0.3 is 105 Å². The van der Waals surface area contributed by atoms with Gasteiger partial charge in [0.15, 0.2) is 17.9 Å². The third-order valence-corrected chi connectivity index (χ3v) is 14.1. The minimum atomic E-state index is -2.54. The van der Waals surface area contributed by atoms with Gasteiger partial charge in [-0.05, 0) is 33.1 Å². The summed E-state index contributed by atoms with van der Waals surface area (Å²) in [5, 5.41) is 127. The highest BCUT2D eigenvalue weighted by atomic mass is 16.7. The molecule has 2 bridgehead atoms. The molecular weight excluding hydrogens is 1120 g/mol. The molecule has 3 heterocycles. The number of aliphatic hydroxyl groups is 11. The molecule has 20 atom stereocenters. The first-order chi connectivity index (χ1) is 40.3. The average molecular weight is 1210 g/mol. The maximum Gasteiger partial charge on any atom is 0.508 e. The fraction of sp³-hybridized carbons (Fsp3) is 0.610. The monoisotopic (exact) mass is 1210 g/mol. The van der Waals surface area contributed by atoms with Crippen molar-refractivity contribution in [1.82, 2.24) is 16.0 Å². The van der Waals surface area contributed by atoms with E-state index in [0.717, 1.165) is 0 Å². The summed E-state index contributed by atoms with van der Waals surface area (Å²) >= 11 is 0. The van der Waals surface area contributed by atoms with Crippen LogP contribution >= 0.6 is 0 Å². The van der Waals surface area contributed by atoms with Crippen molar-refractivity contribution in [2.24, 2.45) is 11.8 Å². The summed E-state index contributed by atoms with van der Waals surface area (Å²) < 4.78 is 39.8. The summed E-state index contributed by atoms with van der Waals surface area (Å²) in [6, 6.07) is -4.10. The van der Waals surface area contributed by atoms with Crippen LogP contribution in [0.2, 0.25) is 0 Å². The number of alkyl carbamates (subject to hydrolysis) is 1. The van der Waals surface area contributed by atoms with E-state index in [4.69, 9.17) is 33.2 Å². The summed E-state index contributed by atoms with van der Waals surface area (Å²) in [6.07, 6.45) is -1.74. The lowest BCUT2D eigenvalue weighted by atomic mass is 9.86. The number of urea groups is 1. The van der Waals surface area contributed by atoms with E-state index in [0.29, 0.717) is 0 Å². The first-order valence-corrected chi connectivity index (χ1v) is 28.2. The third-order valence-electron chi connectivity index (χ3n) is 14.1. The number of Topliss-reactive ketones (excluding diaryl/α,β-unsaturated/α-hetero) is 1. The van der Waals surface area contributed by atoms with Gasteiger partial charge in [0, 0.05) is 37.5 Å². The molecule has 14 N–H and O–H groups in total. The molecule has 2 saturated heterocycles. The smallest absolute Gasteiger partial charge is 0.462 e. The highest BCUT2D eigenvalue weighted by Gasteiger charge is 2.51. The minimum Gasteiger partial charge on any atom is -0.462 e. The molecule has 3 rings (SSSR count). The van der Waals surface area contributed by atoms with Gasteiger partial charge in [-0.15, -0.1) is 0 Å². The van der Waals surface area contributed by atoms with Crippen LogP contribution in [0.3, 0.4) is 0 Å². The summed E-state index contributed by atoms with van der Waals surface area (Å²) in [6.45, 7) is 11.2. The van der Waals surface area contributed by atoms with Gasteiger partial charge in [-0.25, -0.2) is 14.4 Å². The van der Waals surface area contributed by atoms with Crippen LogP contribution in [-0.4, -0.2) is 222 Å². The van der Waals surface area contributed by atoms with Crippen LogP contribution in [0.15, 0.2) is 110 Å². The number of nitrogens with one attached hydrogen (secondary N) is 3.